The Morgan fingerprint density at radius 2 is 1.81 bits per heavy atom. The van der Waals surface area contributed by atoms with Crippen LogP contribution in [0.25, 0.3) is 0 Å². The Hall–Kier alpha value is -2.83. The van der Waals surface area contributed by atoms with E-state index in [9.17, 15) is 37.5 Å². The zero-order valence-corrected chi connectivity index (χ0v) is 16.6. The molecule has 4 rings (SSSR count). The summed E-state index contributed by atoms with van der Waals surface area (Å²) in [7, 11) is 1.91. The number of carboxylic acid groups (broad SMARTS) is 1. The molecular weight excluding hydrogens is 425 g/mol. The first-order valence-corrected chi connectivity index (χ1v) is 9.77. The molecule has 13 heteroatoms. The van der Waals surface area contributed by atoms with Gasteiger partial charge >= 0.3 is 24.1 Å². The van der Waals surface area contributed by atoms with Gasteiger partial charge in [-0.15, -0.1) is 0 Å². The molecule has 0 aromatic rings. The highest BCUT2D eigenvalue weighted by molar-refractivity contribution is 6.03. The second kappa shape index (κ2) is 7.39. The Morgan fingerprint density at radius 3 is 2.39 bits per heavy atom. The number of alkyl halides is 3. The summed E-state index contributed by atoms with van der Waals surface area (Å²) in [4.78, 5) is 53.3. The zero-order chi connectivity index (χ0) is 22.7. The lowest BCUT2D eigenvalue weighted by atomic mass is 9.79. The number of hydrogen-bond donors (Lipinski definition) is 1. The fraction of sp³-hybridized carbons (Fsp3) is 0.667. The van der Waals surface area contributed by atoms with Gasteiger partial charge in [0.15, 0.2) is 0 Å². The van der Waals surface area contributed by atoms with Crippen molar-refractivity contribution in [1.82, 2.24) is 19.6 Å². The lowest BCUT2D eigenvalue weighted by molar-refractivity contribution is -0.190. The van der Waals surface area contributed by atoms with E-state index in [0.717, 1.165) is 4.90 Å². The van der Waals surface area contributed by atoms with E-state index in [-0.39, 0.29) is 24.2 Å². The zero-order valence-electron chi connectivity index (χ0n) is 16.6. The van der Waals surface area contributed by atoms with E-state index < -0.39 is 54.7 Å². The fourth-order valence-corrected chi connectivity index (χ4v) is 4.77. The third-order valence-corrected chi connectivity index (χ3v) is 6.28. The van der Waals surface area contributed by atoms with Crippen molar-refractivity contribution >= 4 is 23.9 Å². The summed E-state index contributed by atoms with van der Waals surface area (Å²) in [6.07, 6.45) is -5.73. The number of likely N-dealkylation sites (N-methyl/N-ethyl adjacent to an activating group) is 1. The van der Waals surface area contributed by atoms with E-state index in [0.29, 0.717) is 31.1 Å². The average molecular weight is 446 g/mol. The Balaban J connectivity index is 1.50. The summed E-state index contributed by atoms with van der Waals surface area (Å²) < 4.78 is 44.0. The average Bonchev–Trinajstić information content (AvgIpc) is 3.06. The van der Waals surface area contributed by atoms with Gasteiger partial charge in [0.2, 0.25) is 0 Å². The number of hydrogen-bond acceptors (Lipinski definition) is 6. The minimum absolute atomic E-state index is 0.0181. The van der Waals surface area contributed by atoms with E-state index in [4.69, 9.17) is 4.74 Å². The number of carboxylic acids is 1. The molecule has 0 aromatic heterocycles. The standard InChI is InChI=1S/C18H21F3N4O6/c1-22-2-4-23(5-3-22)17(30)31-8-10-6-9-7-24(16(29)18(19,20)21)13-11(9)25(14(13)26)12(10)15(27)28/h9,11,13H,2-8H2,1H3,(H,27,28)/t9-,11-,13+/m1/s1. The van der Waals surface area contributed by atoms with Crippen molar-refractivity contribution < 1.29 is 42.2 Å². The summed E-state index contributed by atoms with van der Waals surface area (Å²) in [5, 5.41) is 9.62. The maximum Gasteiger partial charge on any atom is 0.471 e. The highest BCUT2D eigenvalue weighted by atomic mass is 19.4. The number of carbonyl (C=O) groups excluding carboxylic acids is 3. The first-order valence-electron chi connectivity index (χ1n) is 9.77. The monoisotopic (exact) mass is 446 g/mol. The molecule has 0 aliphatic carbocycles. The first kappa shape index (κ1) is 21.4. The lowest BCUT2D eigenvalue weighted by Crippen LogP contribution is -2.70. The van der Waals surface area contributed by atoms with Gasteiger partial charge in [0.25, 0.3) is 5.91 Å². The molecular formula is C18H21F3N4O6. The number of rotatable bonds is 3. The molecule has 0 saturated carbocycles. The van der Waals surface area contributed by atoms with Gasteiger partial charge in [-0.1, -0.05) is 0 Å². The van der Waals surface area contributed by atoms with E-state index in [1.807, 2.05) is 11.9 Å². The third kappa shape index (κ3) is 3.50. The number of aliphatic carboxylic acids is 1. The molecule has 0 bridgehead atoms. The molecule has 0 aromatic carbocycles. The van der Waals surface area contributed by atoms with Gasteiger partial charge in [-0.3, -0.25) is 14.5 Å². The summed E-state index contributed by atoms with van der Waals surface area (Å²) in [6, 6.07) is -2.13. The molecule has 3 fully saturated rings. The quantitative estimate of drug-likeness (QED) is 0.594. The Morgan fingerprint density at radius 1 is 1.16 bits per heavy atom. The molecule has 4 aliphatic heterocycles. The number of piperazine rings is 1. The topological polar surface area (TPSA) is 111 Å². The molecule has 3 atom stereocenters. The first-order chi connectivity index (χ1) is 14.5. The summed E-state index contributed by atoms with van der Waals surface area (Å²) in [6.45, 7) is 1.51. The SMILES string of the molecule is CN1CCN(C(=O)OCC2=C(C(=O)O)N3C(=O)[C@@H]4[C@H]3[C@H](C2)CN4C(=O)C(F)(F)F)CC1. The van der Waals surface area contributed by atoms with Gasteiger partial charge in [0, 0.05) is 38.6 Å². The molecule has 170 valence electrons. The van der Waals surface area contributed by atoms with Gasteiger partial charge in [-0.25, -0.2) is 9.59 Å². The van der Waals surface area contributed by atoms with Crippen LogP contribution >= 0.6 is 0 Å². The summed E-state index contributed by atoms with van der Waals surface area (Å²) >= 11 is 0. The van der Waals surface area contributed by atoms with E-state index in [1.54, 1.807) is 0 Å². The Labute approximate surface area is 174 Å². The number of carbonyl (C=O) groups is 4. The lowest BCUT2D eigenvalue weighted by Gasteiger charge is -2.49. The summed E-state index contributed by atoms with van der Waals surface area (Å²) in [5.41, 5.74) is -0.237. The van der Waals surface area contributed by atoms with Crippen molar-refractivity contribution in [3.8, 4) is 0 Å². The number of nitrogens with zero attached hydrogens (tertiary/aromatic N) is 4. The van der Waals surface area contributed by atoms with E-state index in [2.05, 4.69) is 0 Å². The van der Waals surface area contributed by atoms with Crippen LogP contribution in [0.2, 0.25) is 0 Å². The van der Waals surface area contributed by atoms with Gasteiger partial charge in [-0.05, 0) is 19.0 Å². The molecule has 3 amide bonds. The second-order valence-corrected chi connectivity index (χ2v) is 8.17. The Bertz CT molecular complexity index is 867. The van der Waals surface area contributed by atoms with Crippen LogP contribution in [-0.4, -0.2) is 113 Å². The number of halogens is 3. The van der Waals surface area contributed by atoms with Crippen LogP contribution in [0.3, 0.4) is 0 Å². The number of amides is 3. The Kier molecular flexibility index (Phi) is 5.10. The molecule has 3 saturated heterocycles. The molecule has 10 nitrogen and oxygen atoms in total. The number of ether oxygens (including phenoxy) is 1. The predicted octanol–water partition coefficient (Wildman–Crippen LogP) is -0.287. The molecule has 0 spiro atoms. The third-order valence-electron chi connectivity index (χ3n) is 6.28. The van der Waals surface area contributed by atoms with E-state index >= 15 is 0 Å². The number of likely N-dealkylation sites (tertiary alicyclic amines) is 1. The second-order valence-electron chi connectivity index (χ2n) is 8.17. The maximum absolute atomic E-state index is 12.9. The van der Waals surface area contributed by atoms with Crippen molar-refractivity contribution in [1.29, 1.82) is 0 Å². The van der Waals surface area contributed by atoms with Crippen LogP contribution in [0.4, 0.5) is 18.0 Å². The van der Waals surface area contributed by atoms with Crippen LogP contribution in [0, 0.1) is 5.92 Å². The predicted molar refractivity (Wildman–Crippen MR) is 95.4 cm³/mol. The van der Waals surface area contributed by atoms with Crippen LogP contribution in [0.15, 0.2) is 11.3 Å². The van der Waals surface area contributed by atoms with Crippen LogP contribution < -0.4 is 0 Å². The largest absolute Gasteiger partial charge is 0.477 e. The molecule has 31 heavy (non-hydrogen) atoms. The smallest absolute Gasteiger partial charge is 0.471 e. The van der Waals surface area contributed by atoms with Crippen molar-refractivity contribution in [2.75, 3.05) is 46.4 Å². The van der Waals surface area contributed by atoms with Crippen molar-refractivity contribution in [3.05, 3.63) is 11.3 Å². The van der Waals surface area contributed by atoms with Gasteiger partial charge in [0.05, 0.1) is 6.04 Å². The van der Waals surface area contributed by atoms with Crippen molar-refractivity contribution in [3.63, 3.8) is 0 Å². The normalized spacial score (nSPS) is 28.5. The minimum atomic E-state index is -5.13. The highest BCUT2D eigenvalue weighted by Crippen LogP contribution is 2.48. The van der Waals surface area contributed by atoms with Gasteiger partial charge in [-0.2, -0.15) is 13.2 Å². The molecule has 0 unspecified atom stereocenters. The van der Waals surface area contributed by atoms with E-state index in [1.165, 1.54) is 4.90 Å². The molecule has 4 heterocycles. The number of β-lactam (4-membered cyclic amide) rings is 1. The van der Waals surface area contributed by atoms with Crippen LogP contribution in [-0.2, 0) is 19.1 Å². The molecule has 4 aliphatic rings. The molecule has 0 radical (unpaired) electrons. The van der Waals surface area contributed by atoms with Gasteiger partial charge in [0.1, 0.15) is 18.3 Å². The van der Waals surface area contributed by atoms with Crippen molar-refractivity contribution in [2.45, 2.75) is 24.7 Å². The fourth-order valence-electron chi connectivity index (χ4n) is 4.77. The summed E-state index contributed by atoms with van der Waals surface area (Å²) in [5.74, 6) is -4.98. The van der Waals surface area contributed by atoms with Crippen LogP contribution in [0.5, 0.6) is 0 Å². The minimum Gasteiger partial charge on any atom is -0.477 e. The highest BCUT2D eigenvalue weighted by Gasteiger charge is 2.66. The van der Waals surface area contributed by atoms with Gasteiger partial charge < -0.3 is 24.5 Å². The molecule has 1 N–H and O–H groups in total. The van der Waals surface area contributed by atoms with Crippen LogP contribution in [0.1, 0.15) is 6.42 Å². The van der Waals surface area contributed by atoms with Crippen molar-refractivity contribution in [2.24, 2.45) is 5.92 Å². The maximum atomic E-state index is 12.9.